The average Bonchev–Trinajstić information content (AvgIpc) is 2.14. The molecule has 0 aromatic heterocycles. The van der Waals surface area contributed by atoms with Gasteiger partial charge in [0, 0.05) is 0 Å². The van der Waals surface area contributed by atoms with Crippen LogP contribution in [0.1, 0.15) is 65.7 Å². The fraction of sp³-hybridized carbons (Fsp3) is 1.00. The molecule has 0 atom stereocenters. The Morgan fingerprint density at radius 3 is 1.85 bits per heavy atom. The van der Waals surface area contributed by atoms with E-state index in [0.717, 1.165) is 5.92 Å². The van der Waals surface area contributed by atoms with E-state index in [2.05, 4.69) is 20.8 Å². The van der Waals surface area contributed by atoms with Crippen LogP contribution in [0, 0.1) is 11.1 Å². The molecule has 0 heterocycles. The quantitative estimate of drug-likeness (QED) is 0.485. The van der Waals surface area contributed by atoms with E-state index in [1.165, 1.54) is 44.9 Å². The summed E-state index contributed by atoms with van der Waals surface area (Å²) >= 11 is 0. The Morgan fingerprint density at radius 1 is 0.923 bits per heavy atom. The van der Waals surface area contributed by atoms with Gasteiger partial charge in [0.15, 0.2) is 0 Å². The van der Waals surface area contributed by atoms with E-state index < -0.39 is 0 Å². The van der Waals surface area contributed by atoms with Crippen molar-refractivity contribution < 1.29 is 5.90 Å². The van der Waals surface area contributed by atoms with Crippen LogP contribution < -0.4 is 5.90 Å². The molecule has 0 aromatic carbocycles. The molecule has 2 nitrogen and oxygen atoms in total. The topological polar surface area (TPSA) is 50.7 Å². The predicted molar refractivity (Wildman–Crippen MR) is 59.1 cm³/mol. The minimum Gasteiger partial charge on any atom is -0.637 e. The van der Waals surface area contributed by atoms with Crippen molar-refractivity contribution >= 4 is 0 Å². The van der Waals surface area contributed by atoms with Gasteiger partial charge in [-0.25, -0.2) is 0 Å². The Balaban J connectivity index is 0. The lowest BCUT2D eigenvalue weighted by Crippen LogP contribution is -2.37. The van der Waals surface area contributed by atoms with Crippen LogP contribution in [0.15, 0.2) is 0 Å². The van der Waals surface area contributed by atoms with Gasteiger partial charge in [-0.2, -0.15) is 0 Å². The van der Waals surface area contributed by atoms with Gasteiger partial charge in [0.25, 0.3) is 0 Å². The first-order valence-corrected chi connectivity index (χ1v) is 5.56. The first kappa shape index (κ1) is 15.4. The van der Waals surface area contributed by atoms with Gasteiger partial charge in [0.1, 0.15) is 0 Å². The first-order valence-electron chi connectivity index (χ1n) is 5.56. The molecule has 2 heteroatoms. The van der Waals surface area contributed by atoms with Crippen LogP contribution in [0.4, 0.5) is 0 Å². The minimum absolute atomic E-state index is 0.904. The smallest absolute Gasteiger partial charge is 0.0471 e. The van der Waals surface area contributed by atoms with Gasteiger partial charge in [-0.05, 0) is 5.92 Å². The van der Waals surface area contributed by atoms with Gasteiger partial charge in [0.05, 0.1) is 0 Å². The van der Waals surface area contributed by atoms with E-state index in [-0.39, 0.29) is 0 Å². The molecule has 0 aliphatic rings. The van der Waals surface area contributed by atoms with Crippen LogP contribution in [0.5, 0.6) is 0 Å². The van der Waals surface area contributed by atoms with Crippen LogP contribution in [-0.4, -0.2) is 0 Å². The second-order valence-electron chi connectivity index (χ2n) is 3.95. The number of unbranched alkanes of at least 4 members (excludes halogenated alkanes) is 5. The third-order valence-corrected chi connectivity index (χ3v) is 2.14. The van der Waals surface area contributed by atoms with Crippen molar-refractivity contribution in [1.29, 1.82) is 0 Å². The highest BCUT2D eigenvalue weighted by Gasteiger charge is 1.93. The Hall–Kier alpha value is -0.0800. The molecule has 0 amide bonds. The average molecular weight is 189 g/mol. The molecule has 13 heavy (non-hydrogen) atoms. The summed E-state index contributed by atoms with van der Waals surface area (Å²) in [5.41, 5.74) is 0. The molecule has 0 unspecified atom stereocenters. The summed E-state index contributed by atoms with van der Waals surface area (Å²) in [6, 6.07) is 0. The molecule has 0 saturated heterocycles. The SMILES string of the molecule is CCCCCCCCC(C)C.[NH3+][O-]. The Kier molecular flexibility index (Phi) is 17.1. The minimum atomic E-state index is 0.904. The van der Waals surface area contributed by atoms with Crippen LogP contribution in [0.2, 0.25) is 0 Å². The monoisotopic (exact) mass is 189 g/mol. The lowest BCUT2D eigenvalue weighted by molar-refractivity contribution is -0.275. The molecule has 82 valence electrons. The number of quaternary nitrogens is 1. The fourth-order valence-electron chi connectivity index (χ4n) is 1.33. The van der Waals surface area contributed by atoms with Crippen LogP contribution in [-0.2, 0) is 0 Å². The number of hydrogen-bond acceptors (Lipinski definition) is 1. The zero-order valence-corrected chi connectivity index (χ0v) is 9.64. The van der Waals surface area contributed by atoms with Gasteiger partial charge in [0.2, 0.25) is 0 Å². The zero-order valence-electron chi connectivity index (χ0n) is 9.64. The van der Waals surface area contributed by atoms with Gasteiger partial charge in [-0.1, -0.05) is 65.7 Å². The molecule has 0 aliphatic carbocycles. The van der Waals surface area contributed by atoms with E-state index >= 15 is 0 Å². The fourth-order valence-corrected chi connectivity index (χ4v) is 1.33. The van der Waals surface area contributed by atoms with Crippen molar-refractivity contribution in [3.63, 3.8) is 0 Å². The molecule has 0 saturated carbocycles. The molecule has 0 spiro atoms. The number of rotatable bonds is 7. The number of hydrogen-bond donors (Lipinski definition) is 1. The zero-order chi connectivity index (χ0) is 10.5. The van der Waals surface area contributed by atoms with Crippen molar-refractivity contribution in [3.05, 3.63) is 5.21 Å². The van der Waals surface area contributed by atoms with Crippen molar-refractivity contribution in [2.75, 3.05) is 0 Å². The Morgan fingerprint density at radius 2 is 1.38 bits per heavy atom. The summed E-state index contributed by atoms with van der Waals surface area (Å²) < 4.78 is 0. The third kappa shape index (κ3) is 18.7. The van der Waals surface area contributed by atoms with Gasteiger partial charge < -0.3 is 11.1 Å². The van der Waals surface area contributed by atoms with Gasteiger partial charge in [-0.3, -0.25) is 0 Å². The van der Waals surface area contributed by atoms with Crippen molar-refractivity contribution in [2.45, 2.75) is 65.7 Å². The van der Waals surface area contributed by atoms with E-state index in [0.29, 0.717) is 0 Å². The Labute approximate surface area is 83.5 Å². The second kappa shape index (κ2) is 14.4. The highest BCUT2D eigenvalue weighted by molar-refractivity contribution is 4.47. The normalized spacial score (nSPS) is 9.69. The molecule has 0 fully saturated rings. The van der Waals surface area contributed by atoms with E-state index in [1.807, 2.05) is 5.90 Å². The summed E-state index contributed by atoms with van der Waals surface area (Å²) in [7, 11) is 0. The molecule has 3 N–H and O–H groups in total. The standard InChI is InChI=1S/C11H24.H3NO/c1-4-5-6-7-8-9-10-11(2)3;1-2/h11H,4-10H2,1-3H3;1H3. The Bertz CT molecular complexity index is 74.5. The molecule has 0 aromatic rings. The second-order valence-corrected chi connectivity index (χ2v) is 3.95. The maximum absolute atomic E-state index is 8.00. The highest BCUT2D eigenvalue weighted by Crippen LogP contribution is 2.10. The summed E-state index contributed by atoms with van der Waals surface area (Å²) in [5, 5.41) is 8.00. The first-order chi connectivity index (χ1) is 6.27. The summed E-state index contributed by atoms with van der Waals surface area (Å²) in [4.78, 5) is 0. The van der Waals surface area contributed by atoms with Crippen LogP contribution >= 0.6 is 0 Å². The van der Waals surface area contributed by atoms with Crippen LogP contribution in [0.3, 0.4) is 0 Å². The van der Waals surface area contributed by atoms with Crippen molar-refractivity contribution in [1.82, 2.24) is 0 Å². The summed E-state index contributed by atoms with van der Waals surface area (Å²) in [5.74, 6) is 2.90. The van der Waals surface area contributed by atoms with Crippen LogP contribution in [0.25, 0.3) is 0 Å². The van der Waals surface area contributed by atoms with Crippen molar-refractivity contribution in [2.24, 2.45) is 5.92 Å². The molecule has 0 aliphatic heterocycles. The molecule has 0 radical (unpaired) electrons. The van der Waals surface area contributed by atoms with Gasteiger partial charge in [-0.15, -0.1) is 0 Å². The lowest BCUT2D eigenvalue weighted by Gasteiger charge is -2.03. The molecule has 0 bridgehead atoms. The van der Waals surface area contributed by atoms with Crippen molar-refractivity contribution in [3.8, 4) is 0 Å². The molecular formula is C11H27NO. The maximum Gasteiger partial charge on any atom is -0.0471 e. The summed E-state index contributed by atoms with van der Waals surface area (Å²) in [6.45, 7) is 6.90. The van der Waals surface area contributed by atoms with E-state index in [4.69, 9.17) is 5.21 Å². The predicted octanol–water partition coefficient (Wildman–Crippen LogP) is 3.12. The maximum atomic E-state index is 8.00. The van der Waals surface area contributed by atoms with Gasteiger partial charge >= 0.3 is 0 Å². The molecular weight excluding hydrogens is 162 g/mol. The largest absolute Gasteiger partial charge is 0.637 e. The molecule has 0 rings (SSSR count). The van der Waals surface area contributed by atoms with E-state index in [9.17, 15) is 0 Å². The highest BCUT2D eigenvalue weighted by atomic mass is 16.4. The summed E-state index contributed by atoms with van der Waals surface area (Å²) in [6.07, 6.45) is 10.0. The lowest BCUT2D eigenvalue weighted by atomic mass is 10.0. The van der Waals surface area contributed by atoms with E-state index in [1.54, 1.807) is 0 Å². The third-order valence-electron chi connectivity index (χ3n) is 2.14.